The van der Waals surface area contributed by atoms with E-state index in [4.69, 9.17) is 5.73 Å². The lowest BCUT2D eigenvalue weighted by atomic mass is 9.98. The maximum atomic E-state index is 12.2. The maximum Gasteiger partial charge on any atom is 0.251 e. The molecule has 1 saturated heterocycles. The van der Waals surface area contributed by atoms with Crippen LogP contribution in [0.2, 0.25) is 0 Å². The van der Waals surface area contributed by atoms with Gasteiger partial charge in [-0.1, -0.05) is 6.92 Å². The summed E-state index contributed by atoms with van der Waals surface area (Å²) in [5, 5.41) is 0. The normalized spacial score (nSPS) is 22.0. The molecule has 1 fully saturated rings. The van der Waals surface area contributed by atoms with Crippen LogP contribution < -0.4 is 11.3 Å². The summed E-state index contributed by atoms with van der Waals surface area (Å²) in [4.78, 5) is 36.7. The molecule has 7 heteroatoms. The predicted molar refractivity (Wildman–Crippen MR) is 76.8 cm³/mol. The maximum absolute atomic E-state index is 12.2. The molecule has 6 nitrogen and oxygen atoms in total. The Labute approximate surface area is 124 Å². The number of nitrogens with zero attached hydrogens (tertiary/aromatic N) is 2. The van der Waals surface area contributed by atoms with Crippen LogP contribution in [0, 0.1) is 11.8 Å². The largest absolute Gasteiger partial charge is 0.369 e. The first-order chi connectivity index (χ1) is 9.38. The Hall–Kier alpha value is -1.63. The van der Waals surface area contributed by atoms with Gasteiger partial charge in [0.2, 0.25) is 11.8 Å². The number of nitrogens with two attached hydrogens (primary N) is 1. The molecule has 2 N–H and O–H groups in total. The van der Waals surface area contributed by atoms with E-state index in [1.165, 1.54) is 10.6 Å². The van der Waals surface area contributed by atoms with Gasteiger partial charge in [0.05, 0.1) is 5.92 Å². The number of aromatic nitrogens is 1. The van der Waals surface area contributed by atoms with Gasteiger partial charge in [-0.2, -0.15) is 0 Å². The summed E-state index contributed by atoms with van der Waals surface area (Å²) >= 11 is 3.26. The van der Waals surface area contributed by atoms with Gasteiger partial charge in [-0.3, -0.25) is 14.4 Å². The highest BCUT2D eigenvalue weighted by Gasteiger charge is 2.35. The van der Waals surface area contributed by atoms with Crippen LogP contribution in [0.4, 0.5) is 0 Å². The average Bonchev–Trinajstić information content (AvgIpc) is 2.76. The first-order valence-corrected chi connectivity index (χ1v) is 7.11. The summed E-state index contributed by atoms with van der Waals surface area (Å²) in [6, 6.07) is 3.03. The Morgan fingerprint density at radius 2 is 2.10 bits per heavy atom. The minimum Gasteiger partial charge on any atom is -0.369 e. The van der Waals surface area contributed by atoms with Gasteiger partial charge >= 0.3 is 0 Å². The van der Waals surface area contributed by atoms with Crippen LogP contribution in [-0.2, 0) is 16.1 Å². The second kappa shape index (κ2) is 5.78. The van der Waals surface area contributed by atoms with E-state index in [0.717, 1.165) is 4.47 Å². The molecule has 108 valence electrons. The van der Waals surface area contributed by atoms with Gasteiger partial charge < -0.3 is 15.2 Å². The monoisotopic (exact) mass is 341 g/mol. The molecular weight excluding hydrogens is 326 g/mol. The van der Waals surface area contributed by atoms with Crippen LogP contribution in [0.15, 0.2) is 27.6 Å². The molecule has 0 bridgehead atoms. The summed E-state index contributed by atoms with van der Waals surface area (Å²) in [6.45, 7) is 2.69. The molecule has 1 aliphatic heterocycles. The van der Waals surface area contributed by atoms with Crippen LogP contribution in [0.1, 0.15) is 6.92 Å². The first kappa shape index (κ1) is 14.8. The second-order valence-corrected chi connectivity index (χ2v) is 6.01. The van der Waals surface area contributed by atoms with Gasteiger partial charge in [-0.25, -0.2) is 0 Å². The molecule has 2 heterocycles. The third kappa shape index (κ3) is 3.09. The minimum absolute atomic E-state index is 0.0313. The molecule has 1 aromatic rings. The Balaban J connectivity index is 2.08. The van der Waals surface area contributed by atoms with E-state index < -0.39 is 0 Å². The van der Waals surface area contributed by atoms with Crippen molar-refractivity contribution in [3.63, 3.8) is 0 Å². The van der Waals surface area contributed by atoms with Crippen LogP contribution in [0.25, 0.3) is 0 Å². The SMILES string of the molecule is C[C@@H]1CN(C(=O)Cn2cc(Br)ccc2=O)C[C@H]1C(N)=O. The third-order valence-electron chi connectivity index (χ3n) is 3.58. The zero-order valence-corrected chi connectivity index (χ0v) is 12.7. The Morgan fingerprint density at radius 3 is 2.70 bits per heavy atom. The molecule has 2 atom stereocenters. The van der Waals surface area contributed by atoms with Crippen molar-refractivity contribution < 1.29 is 9.59 Å². The van der Waals surface area contributed by atoms with E-state index in [0.29, 0.717) is 13.1 Å². The number of rotatable bonds is 3. The fourth-order valence-corrected chi connectivity index (χ4v) is 2.79. The van der Waals surface area contributed by atoms with E-state index in [2.05, 4.69) is 15.9 Å². The number of halogens is 1. The average molecular weight is 342 g/mol. The summed E-state index contributed by atoms with van der Waals surface area (Å²) in [5.74, 6) is -0.818. The molecule has 2 rings (SSSR count). The Morgan fingerprint density at radius 1 is 1.40 bits per heavy atom. The molecule has 1 aliphatic rings. The number of hydrogen-bond donors (Lipinski definition) is 1. The number of carbonyl (C=O) groups is 2. The minimum atomic E-state index is -0.382. The van der Waals surface area contributed by atoms with Gasteiger partial charge in [0.15, 0.2) is 0 Å². The molecule has 0 aromatic carbocycles. The molecular formula is C13H16BrN3O3. The molecule has 0 spiro atoms. The van der Waals surface area contributed by atoms with Gasteiger partial charge in [-0.15, -0.1) is 0 Å². The number of carbonyl (C=O) groups excluding carboxylic acids is 2. The van der Waals surface area contributed by atoms with Crippen molar-refractivity contribution in [3.8, 4) is 0 Å². The predicted octanol–water partition coefficient (Wildman–Crippen LogP) is 0.191. The number of hydrogen-bond acceptors (Lipinski definition) is 3. The van der Waals surface area contributed by atoms with Gasteiger partial charge in [-0.05, 0) is 27.9 Å². The summed E-state index contributed by atoms with van der Waals surface area (Å²) < 4.78 is 2.07. The van der Waals surface area contributed by atoms with E-state index >= 15 is 0 Å². The molecule has 1 aromatic heterocycles. The lowest BCUT2D eigenvalue weighted by Crippen LogP contribution is -2.36. The molecule has 20 heavy (non-hydrogen) atoms. The molecule has 0 radical (unpaired) electrons. The standard InChI is InChI=1S/C13H16BrN3O3/c1-8-4-16(6-10(8)13(15)20)12(19)7-17-5-9(14)2-3-11(17)18/h2-3,5,8,10H,4,6-7H2,1H3,(H2,15,20)/t8-,10-/m1/s1. The van der Waals surface area contributed by atoms with Crippen molar-refractivity contribution >= 4 is 27.7 Å². The van der Waals surface area contributed by atoms with Crippen molar-refractivity contribution in [2.45, 2.75) is 13.5 Å². The van der Waals surface area contributed by atoms with Crippen molar-refractivity contribution in [1.29, 1.82) is 0 Å². The van der Waals surface area contributed by atoms with Crippen molar-refractivity contribution in [2.75, 3.05) is 13.1 Å². The quantitative estimate of drug-likeness (QED) is 0.851. The Bertz CT molecular complexity index is 599. The first-order valence-electron chi connectivity index (χ1n) is 6.31. The van der Waals surface area contributed by atoms with Gasteiger partial charge in [0.25, 0.3) is 5.56 Å². The summed E-state index contributed by atoms with van der Waals surface area (Å²) in [5.41, 5.74) is 5.07. The highest BCUT2D eigenvalue weighted by molar-refractivity contribution is 9.10. The van der Waals surface area contributed by atoms with E-state index in [1.54, 1.807) is 17.2 Å². The number of pyridine rings is 1. The second-order valence-electron chi connectivity index (χ2n) is 5.10. The Kier molecular flexibility index (Phi) is 4.27. The summed E-state index contributed by atoms with van der Waals surface area (Å²) in [6.07, 6.45) is 1.57. The molecule has 0 saturated carbocycles. The smallest absolute Gasteiger partial charge is 0.251 e. The van der Waals surface area contributed by atoms with Crippen molar-refractivity contribution in [1.82, 2.24) is 9.47 Å². The van der Waals surface area contributed by atoms with Crippen LogP contribution in [0.3, 0.4) is 0 Å². The fraction of sp³-hybridized carbons (Fsp3) is 0.462. The molecule has 2 amide bonds. The lowest BCUT2D eigenvalue weighted by molar-refractivity contribution is -0.131. The lowest BCUT2D eigenvalue weighted by Gasteiger charge is -2.16. The highest BCUT2D eigenvalue weighted by Crippen LogP contribution is 2.22. The van der Waals surface area contributed by atoms with Crippen LogP contribution >= 0.6 is 15.9 Å². The van der Waals surface area contributed by atoms with Crippen molar-refractivity contribution in [3.05, 3.63) is 33.2 Å². The van der Waals surface area contributed by atoms with E-state index in [9.17, 15) is 14.4 Å². The van der Waals surface area contributed by atoms with Crippen LogP contribution in [-0.4, -0.2) is 34.4 Å². The third-order valence-corrected chi connectivity index (χ3v) is 4.05. The zero-order chi connectivity index (χ0) is 14.9. The van der Waals surface area contributed by atoms with Gasteiger partial charge in [0.1, 0.15) is 6.54 Å². The highest BCUT2D eigenvalue weighted by atomic mass is 79.9. The summed E-state index contributed by atoms with van der Waals surface area (Å²) in [7, 11) is 0. The van der Waals surface area contributed by atoms with Crippen molar-refractivity contribution in [2.24, 2.45) is 17.6 Å². The molecule has 0 unspecified atom stereocenters. The van der Waals surface area contributed by atoms with Gasteiger partial charge in [0, 0.05) is 29.8 Å². The number of likely N-dealkylation sites (tertiary alicyclic amines) is 1. The topological polar surface area (TPSA) is 85.4 Å². The van der Waals surface area contributed by atoms with E-state index in [-0.39, 0.29) is 35.8 Å². The van der Waals surface area contributed by atoms with Crippen LogP contribution in [0.5, 0.6) is 0 Å². The zero-order valence-electron chi connectivity index (χ0n) is 11.1. The number of amides is 2. The fourth-order valence-electron chi connectivity index (χ4n) is 2.41. The van der Waals surface area contributed by atoms with E-state index in [1.807, 2.05) is 6.92 Å². The molecule has 0 aliphatic carbocycles. The number of primary amides is 1.